The highest BCUT2D eigenvalue weighted by Gasteiger charge is 2.30. The van der Waals surface area contributed by atoms with Crippen LogP contribution < -0.4 is 0 Å². The van der Waals surface area contributed by atoms with Crippen LogP contribution in [0.4, 0.5) is 0 Å². The molecule has 0 rings (SSSR count). The molecule has 0 spiro atoms. The molecule has 24 heavy (non-hydrogen) atoms. The van der Waals surface area contributed by atoms with Crippen LogP contribution in [0.25, 0.3) is 0 Å². The van der Waals surface area contributed by atoms with Crippen molar-refractivity contribution in [1.82, 2.24) is 4.31 Å². The van der Waals surface area contributed by atoms with Crippen LogP contribution in [-0.2, 0) is 33.9 Å². The fourth-order valence-electron chi connectivity index (χ4n) is 1.33. The number of hydrogen-bond acceptors (Lipinski definition) is 8. The first kappa shape index (κ1) is 22.6. The summed E-state index contributed by atoms with van der Waals surface area (Å²) in [6, 6.07) is 0. The molecular weight excluding hydrogens is 358 g/mol. The molecule has 0 unspecified atom stereocenters. The van der Waals surface area contributed by atoms with E-state index >= 15 is 0 Å². The van der Waals surface area contributed by atoms with Crippen LogP contribution in [0, 0.1) is 5.92 Å². The van der Waals surface area contributed by atoms with Crippen LogP contribution in [0.5, 0.6) is 0 Å². The molecule has 0 saturated heterocycles. The summed E-state index contributed by atoms with van der Waals surface area (Å²) in [5.74, 6) is -2.03. The number of nitrogens with zero attached hydrogens (tertiary/aromatic N) is 1. The van der Waals surface area contributed by atoms with Crippen molar-refractivity contribution in [3.05, 3.63) is 12.7 Å². The zero-order valence-electron chi connectivity index (χ0n) is 14.2. The lowest BCUT2D eigenvalue weighted by Gasteiger charge is -2.22. The first-order valence-electron chi connectivity index (χ1n) is 7.01. The third-order valence-corrected chi connectivity index (χ3v) is 5.15. The molecule has 0 aliphatic carbocycles. The highest BCUT2D eigenvalue weighted by Crippen LogP contribution is 2.13. The number of thioether (sulfide) groups is 1. The molecule has 0 aliphatic rings. The van der Waals surface area contributed by atoms with Crippen LogP contribution in [-0.4, -0.2) is 68.1 Å². The lowest BCUT2D eigenvalue weighted by molar-refractivity contribution is -0.169. The topological polar surface area (TPSA) is 107 Å². The summed E-state index contributed by atoms with van der Waals surface area (Å²) in [5.41, 5.74) is 0. The van der Waals surface area contributed by atoms with E-state index in [-0.39, 0.29) is 24.0 Å². The number of carbonyl (C=O) groups is 3. The third-order valence-electron chi connectivity index (χ3n) is 2.79. The molecule has 138 valence electrons. The quantitative estimate of drug-likeness (QED) is 0.396. The smallest absolute Gasteiger partial charge is 0.349 e. The molecule has 10 heteroatoms. The van der Waals surface area contributed by atoms with Crippen molar-refractivity contribution in [2.75, 3.05) is 32.2 Å². The van der Waals surface area contributed by atoms with Crippen molar-refractivity contribution in [2.45, 2.75) is 20.0 Å². The number of carbonyl (C=O) groups excluding carboxylic acids is 3. The van der Waals surface area contributed by atoms with Crippen molar-refractivity contribution in [2.24, 2.45) is 5.92 Å². The summed E-state index contributed by atoms with van der Waals surface area (Å²) in [7, 11) is -2.31. The summed E-state index contributed by atoms with van der Waals surface area (Å²) in [6.45, 7) is 5.86. The standard InChI is InChI=1S/C14H23NO7S2/c1-6-7-21-14(18)12(8-15(4)24(5,19)20)22-13(17)10(2)9-23-11(3)16/h6,10,12H,1,7-9H2,2-5H3/t10-,12+/m1/s1. The molecule has 0 N–H and O–H groups in total. The zero-order valence-corrected chi connectivity index (χ0v) is 15.8. The van der Waals surface area contributed by atoms with E-state index in [2.05, 4.69) is 6.58 Å². The first-order chi connectivity index (χ1) is 11.0. The molecule has 0 saturated carbocycles. The number of rotatable bonds is 10. The maximum atomic E-state index is 12.0. The molecule has 0 aromatic carbocycles. The molecule has 0 bridgehead atoms. The molecule has 0 aromatic rings. The van der Waals surface area contributed by atoms with Gasteiger partial charge < -0.3 is 9.47 Å². The number of sulfonamides is 1. The lowest BCUT2D eigenvalue weighted by atomic mass is 10.2. The second kappa shape index (κ2) is 10.5. The lowest BCUT2D eigenvalue weighted by Crippen LogP contribution is -2.42. The molecule has 0 aromatic heterocycles. The van der Waals surface area contributed by atoms with Gasteiger partial charge in [-0.05, 0) is 0 Å². The van der Waals surface area contributed by atoms with Crippen LogP contribution in [0.2, 0.25) is 0 Å². The Kier molecular flexibility index (Phi) is 9.86. The first-order valence-corrected chi connectivity index (χ1v) is 9.85. The SMILES string of the molecule is C=CCOC(=O)[C@H](CN(C)S(C)(=O)=O)OC(=O)[C@H](C)CSC(C)=O. The Hall–Kier alpha value is -1.39. The van der Waals surface area contributed by atoms with Crippen molar-refractivity contribution in [3.63, 3.8) is 0 Å². The molecule has 0 fully saturated rings. The zero-order chi connectivity index (χ0) is 18.9. The Morgan fingerprint density at radius 2 is 1.88 bits per heavy atom. The number of ether oxygens (including phenoxy) is 2. The van der Waals surface area contributed by atoms with Crippen molar-refractivity contribution < 1.29 is 32.3 Å². The van der Waals surface area contributed by atoms with E-state index in [0.717, 1.165) is 22.3 Å². The predicted octanol–water partition coefficient (Wildman–Crippen LogP) is 0.435. The number of likely N-dealkylation sites (N-methyl/N-ethyl adjacent to an activating group) is 1. The second-order valence-electron chi connectivity index (χ2n) is 5.09. The molecule has 8 nitrogen and oxygen atoms in total. The molecule has 0 heterocycles. The van der Waals surface area contributed by atoms with E-state index in [1.165, 1.54) is 20.0 Å². The Morgan fingerprint density at radius 1 is 1.29 bits per heavy atom. The average molecular weight is 381 g/mol. The fourth-order valence-corrected chi connectivity index (χ4v) is 2.36. The van der Waals surface area contributed by atoms with Crippen LogP contribution in [0.3, 0.4) is 0 Å². The monoisotopic (exact) mass is 381 g/mol. The summed E-state index contributed by atoms with van der Waals surface area (Å²) in [5, 5.41) is -0.145. The summed E-state index contributed by atoms with van der Waals surface area (Å²) in [4.78, 5) is 34.9. The molecule has 0 amide bonds. The van der Waals surface area contributed by atoms with Gasteiger partial charge in [0.1, 0.15) is 6.61 Å². The Bertz CT molecular complexity index is 574. The van der Waals surface area contributed by atoms with Gasteiger partial charge in [0, 0.05) is 19.7 Å². The van der Waals surface area contributed by atoms with Gasteiger partial charge in [-0.15, -0.1) is 0 Å². The minimum Gasteiger partial charge on any atom is -0.459 e. The van der Waals surface area contributed by atoms with E-state index in [1.807, 2.05) is 0 Å². The molecular formula is C14H23NO7S2. The maximum Gasteiger partial charge on any atom is 0.349 e. The van der Waals surface area contributed by atoms with E-state index < -0.39 is 34.0 Å². The summed E-state index contributed by atoms with van der Waals surface area (Å²) < 4.78 is 33.8. The summed E-state index contributed by atoms with van der Waals surface area (Å²) >= 11 is 0.960. The number of hydrogen-bond donors (Lipinski definition) is 0. The van der Waals surface area contributed by atoms with Gasteiger partial charge in [-0.3, -0.25) is 9.59 Å². The number of esters is 2. The highest BCUT2D eigenvalue weighted by molar-refractivity contribution is 8.13. The maximum absolute atomic E-state index is 12.0. The Balaban J connectivity index is 4.97. The molecule has 0 radical (unpaired) electrons. The second-order valence-corrected chi connectivity index (χ2v) is 8.38. The molecule has 2 atom stereocenters. The van der Waals surface area contributed by atoms with Gasteiger partial charge in [0.2, 0.25) is 16.1 Å². The van der Waals surface area contributed by atoms with E-state index in [1.54, 1.807) is 6.92 Å². The highest BCUT2D eigenvalue weighted by atomic mass is 32.2. The Labute approximate surface area is 146 Å². The minimum atomic E-state index is -3.56. The Morgan fingerprint density at radius 3 is 2.33 bits per heavy atom. The van der Waals surface area contributed by atoms with Gasteiger partial charge in [-0.2, -0.15) is 0 Å². The van der Waals surface area contributed by atoms with Crippen molar-refractivity contribution in [1.29, 1.82) is 0 Å². The predicted molar refractivity (Wildman–Crippen MR) is 90.8 cm³/mol. The van der Waals surface area contributed by atoms with E-state index in [0.29, 0.717) is 0 Å². The average Bonchev–Trinajstić information content (AvgIpc) is 2.48. The van der Waals surface area contributed by atoms with Crippen LogP contribution in [0.15, 0.2) is 12.7 Å². The molecule has 0 aliphatic heterocycles. The fraction of sp³-hybridized carbons (Fsp3) is 0.643. The van der Waals surface area contributed by atoms with Crippen molar-refractivity contribution >= 4 is 38.8 Å². The van der Waals surface area contributed by atoms with Gasteiger partial charge >= 0.3 is 11.9 Å². The van der Waals surface area contributed by atoms with E-state index in [9.17, 15) is 22.8 Å². The van der Waals surface area contributed by atoms with Gasteiger partial charge in [0.25, 0.3) is 0 Å². The third kappa shape index (κ3) is 9.04. The van der Waals surface area contributed by atoms with Gasteiger partial charge in [-0.1, -0.05) is 31.3 Å². The normalized spacial score (nSPS) is 13.9. The minimum absolute atomic E-state index is 0.0920. The van der Waals surface area contributed by atoms with Crippen LogP contribution >= 0.6 is 11.8 Å². The van der Waals surface area contributed by atoms with Crippen LogP contribution in [0.1, 0.15) is 13.8 Å². The van der Waals surface area contributed by atoms with Gasteiger partial charge in [0.15, 0.2) is 5.12 Å². The summed E-state index contributed by atoms with van der Waals surface area (Å²) in [6.07, 6.45) is 0.901. The largest absolute Gasteiger partial charge is 0.459 e. The van der Waals surface area contributed by atoms with Gasteiger partial charge in [-0.25, -0.2) is 17.5 Å². The van der Waals surface area contributed by atoms with Gasteiger partial charge in [0.05, 0.1) is 18.7 Å². The van der Waals surface area contributed by atoms with Crippen molar-refractivity contribution in [3.8, 4) is 0 Å². The van der Waals surface area contributed by atoms with E-state index in [4.69, 9.17) is 9.47 Å².